The Kier molecular flexibility index (Phi) is 6.38. The molecule has 0 aliphatic carbocycles. The van der Waals surface area contributed by atoms with E-state index >= 15 is 0 Å². The molecule has 2 aromatic rings. The Morgan fingerprint density at radius 1 is 0.833 bits per heavy atom. The number of benzene rings is 2. The minimum atomic E-state index is 0. The summed E-state index contributed by atoms with van der Waals surface area (Å²) in [7, 11) is 0. The fourth-order valence-electron chi connectivity index (χ4n) is 1.49. The van der Waals surface area contributed by atoms with Crippen LogP contribution in [-0.4, -0.2) is 0 Å². The van der Waals surface area contributed by atoms with E-state index in [1.54, 1.807) is 0 Å². The van der Waals surface area contributed by atoms with Crippen LogP contribution < -0.4 is 0 Å². The van der Waals surface area contributed by atoms with Gasteiger partial charge in [0.15, 0.2) is 0 Å². The van der Waals surface area contributed by atoms with Gasteiger partial charge in [-0.05, 0) is 29.3 Å². The first-order valence-corrected chi connectivity index (χ1v) is 5.73. The normalized spacial score (nSPS) is 10.6. The van der Waals surface area contributed by atoms with Crippen molar-refractivity contribution in [3.05, 3.63) is 60.2 Å². The number of hydrogen-bond acceptors (Lipinski definition) is 2. The maximum Gasteiger partial charge on any atom is 0.0856 e. The average Bonchev–Trinajstić information content (AvgIpc) is 2.38. The van der Waals surface area contributed by atoms with Crippen molar-refractivity contribution in [3.63, 3.8) is 0 Å². The standard InChI is InChI=1S/C15H15N2.Y/c1-12(2)13-8-10-15(11-9-13)17-16-14-6-4-3-5-7-14;/h4-12H,1-2H3;/q-1;. The van der Waals surface area contributed by atoms with Gasteiger partial charge in [-0.2, -0.15) is 28.4 Å². The van der Waals surface area contributed by atoms with Crippen LogP contribution in [0.15, 0.2) is 58.8 Å². The maximum absolute atomic E-state index is 4.19. The van der Waals surface area contributed by atoms with Crippen LogP contribution in [0.25, 0.3) is 0 Å². The summed E-state index contributed by atoms with van der Waals surface area (Å²) in [4.78, 5) is 0. The molecule has 0 aliphatic heterocycles. The average molecular weight is 312 g/mol. The Balaban J connectivity index is 0.00000162. The van der Waals surface area contributed by atoms with Gasteiger partial charge in [0.1, 0.15) is 0 Å². The van der Waals surface area contributed by atoms with Gasteiger partial charge in [-0.15, -0.1) is 12.1 Å². The van der Waals surface area contributed by atoms with Gasteiger partial charge in [0, 0.05) is 32.7 Å². The van der Waals surface area contributed by atoms with Gasteiger partial charge in [-0.3, -0.25) is 0 Å². The van der Waals surface area contributed by atoms with Crippen LogP contribution in [0.4, 0.5) is 11.4 Å². The van der Waals surface area contributed by atoms with Gasteiger partial charge >= 0.3 is 0 Å². The van der Waals surface area contributed by atoms with Crippen molar-refractivity contribution in [3.8, 4) is 0 Å². The van der Waals surface area contributed by atoms with Crippen LogP contribution in [0.2, 0.25) is 0 Å². The summed E-state index contributed by atoms with van der Waals surface area (Å²) in [5.74, 6) is 0.547. The number of rotatable bonds is 3. The largest absolute Gasteiger partial charge is 0.184 e. The van der Waals surface area contributed by atoms with Crippen LogP contribution in [0.3, 0.4) is 0 Å². The summed E-state index contributed by atoms with van der Waals surface area (Å²) in [5, 5.41) is 8.34. The fourth-order valence-corrected chi connectivity index (χ4v) is 1.49. The first-order chi connectivity index (χ1) is 8.25. The third kappa shape index (κ3) is 4.43. The van der Waals surface area contributed by atoms with E-state index in [0.29, 0.717) is 5.92 Å². The van der Waals surface area contributed by atoms with Gasteiger partial charge < -0.3 is 0 Å². The van der Waals surface area contributed by atoms with Crippen LogP contribution in [-0.2, 0) is 32.7 Å². The molecule has 0 unspecified atom stereocenters. The molecule has 2 nitrogen and oxygen atoms in total. The topological polar surface area (TPSA) is 24.7 Å². The maximum atomic E-state index is 4.19. The molecule has 3 heteroatoms. The van der Waals surface area contributed by atoms with E-state index in [1.165, 1.54) is 5.56 Å². The molecule has 0 atom stereocenters. The van der Waals surface area contributed by atoms with E-state index in [-0.39, 0.29) is 32.7 Å². The zero-order valence-electron chi connectivity index (χ0n) is 10.7. The summed E-state index contributed by atoms with van der Waals surface area (Å²) >= 11 is 0. The summed E-state index contributed by atoms with van der Waals surface area (Å²) in [6, 6.07) is 18.5. The minimum Gasteiger partial charge on any atom is -0.184 e. The van der Waals surface area contributed by atoms with Crippen LogP contribution in [0, 0.1) is 6.07 Å². The van der Waals surface area contributed by atoms with Gasteiger partial charge in [-0.1, -0.05) is 26.0 Å². The molecule has 2 aromatic carbocycles. The van der Waals surface area contributed by atoms with Gasteiger partial charge in [0.2, 0.25) is 0 Å². The van der Waals surface area contributed by atoms with Crippen LogP contribution in [0.1, 0.15) is 25.3 Å². The molecule has 0 amide bonds. The summed E-state index contributed by atoms with van der Waals surface area (Å²) in [6.45, 7) is 4.36. The molecule has 0 saturated carbocycles. The van der Waals surface area contributed by atoms with Crippen molar-refractivity contribution in [2.45, 2.75) is 19.8 Å². The van der Waals surface area contributed by atoms with E-state index in [2.05, 4.69) is 42.3 Å². The van der Waals surface area contributed by atoms with E-state index in [4.69, 9.17) is 0 Å². The Labute approximate surface area is 133 Å². The first kappa shape index (κ1) is 15.2. The van der Waals surface area contributed by atoms with E-state index in [9.17, 15) is 0 Å². The predicted molar refractivity (Wildman–Crippen MR) is 70.0 cm³/mol. The van der Waals surface area contributed by atoms with Gasteiger partial charge in [0.25, 0.3) is 0 Å². The third-order valence-corrected chi connectivity index (χ3v) is 2.54. The second kappa shape index (κ2) is 7.55. The fraction of sp³-hybridized carbons (Fsp3) is 0.200. The molecule has 0 saturated heterocycles. The Bertz CT molecular complexity index is 490. The molecule has 1 radical (unpaired) electrons. The zero-order valence-corrected chi connectivity index (χ0v) is 13.5. The molecule has 0 spiro atoms. The summed E-state index contributed by atoms with van der Waals surface area (Å²) < 4.78 is 0. The van der Waals surface area contributed by atoms with Crippen molar-refractivity contribution in [2.75, 3.05) is 0 Å². The molecule has 2 rings (SSSR count). The Hall–Kier alpha value is -0.856. The van der Waals surface area contributed by atoms with Crippen molar-refractivity contribution in [1.82, 2.24) is 0 Å². The molecule has 18 heavy (non-hydrogen) atoms. The SMILES string of the molecule is CC(C)c1ccc(N=Nc2cc[c-]cc2)cc1.[Y]. The van der Waals surface area contributed by atoms with E-state index < -0.39 is 0 Å². The van der Waals surface area contributed by atoms with Crippen molar-refractivity contribution in [2.24, 2.45) is 10.2 Å². The molecule has 0 N–H and O–H groups in total. The van der Waals surface area contributed by atoms with Gasteiger partial charge in [-0.25, -0.2) is 0 Å². The molecule has 0 aliphatic rings. The Morgan fingerprint density at radius 2 is 1.33 bits per heavy atom. The Morgan fingerprint density at radius 3 is 1.83 bits per heavy atom. The van der Waals surface area contributed by atoms with Crippen LogP contribution in [0.5, 0.6) is 0 Å². The quantitative estimate of drug-likeness (QED) is 0.561. The monoisotopic (exact) mass is 312 g/mol. The van der Waals surface area contributed by atoms with Crippen molar-refractivity contribution < 1.29 is 32.7 Å². The molecule has 0 heterocycles. The molecule has 0 aromatic heterocycles. The second-order valence-electron chi connectivity index (χ2n) is 4.20. The van der Waals surface area contributed by atoms with Crippen molar-refractivity contribution in [1.29, 1.82) is 0 Å². The predicted octanol–water partition coefficient (Wildman–Crippen LogP) is 5.02. The minimum absolute atomic E-state index is 0. The first-order valence-electron chi connectivity index (χ1n) is 5.73. The number of hydrogen-bond donors (Lipinski definition) is 0. The molecule has 0 bridgehead atoms. The number of azo groups is 1. The summed E-state index contributed by atoms with van der Waals surface area (Å²) in [6.07, 6.45) is 0. The smallest absolute Gasteiger partial charge is 0.0856 e. The number of nitrogens with zero attached hydrogens (tertiary/aromatic N) is 2. The van der Waals surface area contributed by atoms with Gasteiger partial charge in [0.05, 0.1) is 5.69 Å². The zero-order chi connectivity index (χ0) is 12.1. The molecule has 0 fully saturated rings. The van der Waals surface area contributed by atoms with E-state index in [0.717, 1.165) is 11.4 Å². The van der Waals surface area contributed by atoms with Crippen LogP contribution >= 0.6 is 0 Å². The molecular formula is C15H15N2Y-. The second-order valence-corrected chi connectivity index (χ2v) is 4.20. The molecular weight excluding hydrogens is 297 g/mol. The van der Waals surface area contributed by atoms with E-state index in [1.807, 2.05) is 36.4 Å². The third-order valence-electron chi connectivity index (χ3n) is 2.54. The molecule has 89 valence electrons. The van der Waals surface area contributed by atoms with Crippen molar-refractivity contribution >= 4 is 11.4 Å². The summed E-state index contributed by atoms with van der Waals surface area (Å²) in [5.41, 5.74) is 3.04.